The first kappa shape index (κ1) is 11.4. The molecule has 0 unspecified atom stereocenters. The Morgan fingerprint density at radius 3 is 2.38 bits per heavy atom. The second kappa shape index (κ2) is 4.22. The third-order valence-electron chi connectivity index (χ3n) is 1.47. The fourth-order valence-corrected chi connectivity index (χ4v) is 1.68. The van der Waals surface area contributed by atoms with E-state index in [0.717, 1.165) is 0 Å². The van der Waals surface area contributed by atoms with Gasteiger partial charge < -0.3 is 0 Å². The molecule has 0 aromatic heterocycles. The van der Waals surface area contributed by atoms with Crippen molar-refractivity contribution in [2.24, 2.45) is 5.84 Å². The number of halogens is 4. The van der Waals surface area contributed by atoms with Crippen molar-refractivity contribution in [3.05, 3.63) is 33.8 Å². The summed E-state index contributed by atoms with van der Waals surface area (Å²) >= 11 is 23.2. The van der Waals surface area contributed by atoms with E-state index in [4.69, 9.17) is 52.2 Å². The van der Waals surface area contributed by atoms with Gasteiger partial charge in [0.05, 0.1) is 10.0 Å². The molecule has 1 aromatic rings. The minimum absolute atomic E-state index is 0.284. The molecule has 0 spiro atoms. The summed E-state index contributed by atoms with van der Waals surface area (Å²) in [4.78, 5) is 0. The molecule has 6 heteroatoms. The molecule has 1 aromatic carbocycles. The summed E-state index contributed by atoms with van der Waals surface area (Å²) in [7, 11) is 0. The van der Waals surface area contributed by atoms with Crippen molar-refractivity contribution in [3.8, 4) is 0 Å². The molecule has 1 rings (SSSR count). The molecule has 0 saturated heterocycles. The standard InChI is InChI=1S/C7H6Cl4N2/c8-5-3-1-2-4(6(5)9)7(10,11)13-12/h1-3,13H,12H2. The van der Waals surface area contributed by atoms with Crippen molar-refractivity contribution in [2.75, 3.05) is 0 Å². The molecular weight excluding hydrogens is 254 g/mol. The number of benzene rings is 1. The van der Waals surface area contributed by atoms with Crippen LogP contribution in [0.4, 0.5) is 0 Å². The Balaban J connectivity index is 3.22. The van der Waals surface area contributed by atoms with Crippen molar-refractivity contribution >= 4 is 46.4 Å². The molecule has 0 fully saturated rings. The van der Waals surface area contributed by atoms with Gasteiger partial charge in [-0.15, -0.1) is 0 Å². The van der Waals surface area contributed by atoms with Crippen LogP contribution >= 0.6 is 46.4 Å². The van der Waals surface area contributed by atoms with Gasteiger partial charge in [-0.3, -0.25) is 5.84 Å². The van der Waals surface area contributed by atoms with E-state index in [-0.39, 0.29) is 5.02 Å². The summed E-state index contributed by atoms with van der Waals surface area (Å²) in [6.45, 7) is 0. The summed E-state index contributed by atoms with van der Waals surface area (Å²) in [6.07, 6.45) is 0. The van der Waals surface area contributed by atoms with E-state index in [1.807, 2.05) is 0 Å². The van der Waals surface area contributed by atoms with Crippen molar-refractivity contribution in [3.63, 3.8) is 0 Å². The second-order valence-electron chi connectivity index (χ2n) is 2.32. The second-order valence-corrected chi connectivity index (χ2v) is 4.43. The van der Waals surface area contributed by atoms with Gasteiger partial charge in [0.15, 0.2) is 0 Å². The van der Waals surface area contributed by atoms with Crippen LogP contribution in [0.15, 0.2) is 18.2 Å². The normalized spacial score (nSPS) is 11.8. The summed E-state index contributed by atoms with van der Waals surface area (Å²) < 4.78 is -1.43. The number of rotatable bonds is 2. The van der Waals surface area contributed by atoms with Crippen molar-refractivity contribution in [1.82, 2.24) is 5.43 Å². The van der Waals surface area contributed by atoms with Gasteiger partial charge >= 0.3 is 0 Å². The van der Waals surface area contributed by atoms with E-state index >= 15 is 0 Å². The van der Waals surface area contributed by atoms with Gasteiger partial charge in [0, 0.05) is 5.56 Å². The fourth-order valence-electron chi connectivity index (χ4n) is 0.824. The molecule has 2 nitrogen and oxygen atoms in total. The average molecular weight is 260 g/mol. The average Bonchev–Trinajstić information content (AvgIpc) is 2.09. The van der Waals surface area contributed by atoms with Crippen LogP contribution < -0.4 is 11.3 Å². The van der Waals surface area contributed by atoms with Crippen LogP contribution in [0.2, 0.25) is 10.0 Å². The van der Waals surface area contributed by atoms with E-state index in [2.05, 4.69) is 5.43 Å². The van der Waals surface area contributed by atoms with E-state index in [9.17, 15) is 0 Å². The third kappa shape index (κ3) is 2.40. The minimum atomic E-state index is -1.43. The van der Waals surface area contributed by atoms with Gasteiger partial charge in [-0.2, -0.15) is 0 Å². The van der Waals surface area contributed by atoms with Crippen LogP contribution in [-0.2, 0) is 4.46 Å². The summed E-state index contributed by atoms with van der Waals surface area (Å²) in [6, 6.07) is 4.95. The highest BCUT2D eigenvalue weighted by Crippen LogP contribution is 2.37. The SMILES string of the molecule is NNC(Cl)(Cl)c1cccc(Cl)c1Cl. The maximum Gasteiger partial charge on any atom is 0.208 e. The molecule has 0 amide bonds. The lowest BCUT2D eigenvalue weighted by Crippen LogP contribution is -2.37. The lowest BCUT2D eigenvalue weighted by atomic mass is 10.2. The van der Waals surface area contributed by atoms with Crippen molar-refractivity contribution in [2.45, 2.75) is 4.46 Å². The van der Waals surface area contributed by atoms with E-state index in [1.54, 1.807) is 18.2 Å². The van der Waals surface area contributed by atoms with Gasteiger partial charge in [0.25, 0.3) is 0 Å². The highest BCUT2D eigenvalue weighted by molar-refractivity contribution is 6.50. The third-order valence-corrected chi connectivity index (χ3v) is 2.92. The molecule has 13 heavy (non-hydrogen) atoms. The van der Waals surface area contributed by atoms with Gasteiger partial charge in [0.1, 0.15) is 0 Å². The molecule has 0 aliphatic carbocycles. The Bertz CT molecular complexity index is 313. The smallest absolute Gasteiger partial charge is 0.208 e. The first-order valence-electron chi connectivity index (χ1n) is 3.29. The van der Waals surface area contributed by atoms with E-state index in [1.165, 1.54) is 0 Å². The van der Waals surface area contributed by atoms with E-state index < -0.39 is 4.46 Å². The number of hydrazine groups is 1. The molecule has 0 aliphatic rings. The van der Waals surface area contributed by atoms with Crippen molar-refractivity contribution in [1.29, 1.82) is 0 Å². The lowest BCUT2D eigenvalue weighted by Gasteiger charge is -2.20. The molecular formula is C7H6Cl4N2. The van der Waals surface area contributed by atoms with Gasteiger partial charge in [0.2, 0.25) is 4.46 Å². The first-order valence-corrected chi connectivity index (χ1v) is 4.80. The minimum Gasteiger partial charge on any atom is -0.269 e. The predicted molar refractivity (Wildman–Crippen MR) is 57.2 cm³/mol. The summed E-state index contributed by atoms with van der Waals surface area (Å²) in [5.74, 6) is 5.14. The van der Waals surface area contributed by atoms with Crippen LogP contribution in [0.1, 0.15) is 5.56 Å². The Kier molecular flexibility index (Phi) is 3.69. The quantitative estimate of drug-likeness (QED) is 0.371. The highest BCUT2D eigenvalue weighted by atomic mass is 35.5. The number of nitrogens with two attached hydrogens (primary N) is 1. The first-order chi connectivity index (χ1) is 5.99. The van der Waals surface area contributed by atoms with Gasteiger partial charge in [-0.1, -0.05) is 58.5 Å². The number of hydrogen-bond acceptors (Lipinski definition) is 2. The van der Waals surface area contributed by atoms with Gasteiger partial charge in [-0.25, -0.2) is 5.43 Å². The molecule has 0 bridgehead atoms. The molecule has 3 N–H and O–H groups in total. The molecule has 0 atom stereocenters. The van der Waals surface area contributed by atoms with Crippen molar-refractivity contribution < 1.29 is 0 Å². The zero-order valence-electron chi connectivity index (χ0n) is 6.32. The number of nitrogens with one attached hydrogen (secondary N) is 1. The maximum atomic E-state index is 5.86. The van der Waals surface area contributed by atoms with Crippen LogP contribution in [0.3, 0.4) is 0 Å². The Morgan fingerprint density at radius 1 is 1.23 bits per heavy atom. The highest BCUT2D eigenvalue weighted by Gasteiger charge is 2.27. The zero-order valence-corrected chi connectivity index (χ0v) is 9.34. The number of alkyl halides is 2. The van der Waals surface area contributed by atoms with Crippen LogP contribution in [0.5, 0.6) is 0 Å². The molecule has 0 heterocycles. The topological polar surface area (TPSA) is 38.0 Å². The maximum absolute atomic E-state index is 5.86. The van der Waals surface area contributed by atoms with Gasteiger partial charge in [-0.05, 0) is 6.07 Å². The largest absolute Gasteiger partial charge is 0.269 e. The Morgan fingerprint density at radius 2 is 1.85 bits per heavy atom. The summed E-state index contributed by atoms with van der Waals surface area (Å²) in [5, 5.41) is 0.659. The Labute approximate surface area is 95.9 Å². The summed E-state index contributed by atoms with van der Waals surface area (Å²) in [5.41, 5.74) is 2.64. The Hall–Kier alpha value is 0.300. The monoisotopic (exact) mass is 258 g/mol. The zero-order chi connectivity index (χ0) is 10.1. The number of hydrogen-bond donors (Lipinski definition) is 2. The molecule has 0 saturated carbocycles. The van der Waals surface area contributed by atoms with E-state index in [0.29, 0.717) is 10.6 Å². The lowest BCUT2D eigenvalue weighted by molar-refractivity contribution is 0.651. The molecule has 0 radical (unpaired) electrons. The predicted octanol–water partition coefficient (Wildman–Crippen LogP) is 3.04. The fraction of sp³-hybridized carbons (Fsp3) is 0.143. The van der Waals surface area contributed by atoms with Crippen LogP contribution in [-0.4, -0.2) is 0 Å². The molecule has 0 aliphatic heterocycles. The molecule has 72 valence electrons. The van der Waals surface area contributed by atoms with Crippen LogP contribution in [0, 0.1) is 0 Å². The van der Waals surface area contributed by atoms with Crippen LogP contribution in [0.25, 0.3) is 0 Å².